The molecule has 0 bridgehead atoms. The zero-order valence-corrected chi connectivity index (χ0v) is 8.63. The molecule has 0 heterocycles. The van der Waals surface area contributed by atoms with Crippen molar-refractivity contribution in [1.82, 2.24) is 0 Å². The Morgan fingerprint density at radius 2 is 1.71 bits per heavy atom. The lowest BCUT2D eigenvalue weighted by atomic mass is 10.0. The van der Waals surface area contributed by atoms with E-state index in [1.54, 1.807) is 6.92 Å². The van der Waals surface area contributed by atoms with Crippen LogP contribution in [0.4, 0.5) is 13.2 Å². The van der Waals surface area contributed by atoms with Crippen LogP contribution in [0.15, 0.2) is 12.1 Å². The molecule has 0 spiro atoms. The minimum absolute atomic E-state index is 0.221. The van der Waals surface area contributed by atoms with Crippen molar-refractivity contribution < 1.29 is 13.2 Å². The second-order valence-corrected chi connectivity index (χ2v) is 3.49. The molecule has 0 saturated carbocycles. The molecule has 0 saturated heterocycles. The molecule has 0 amide bonds. The number of rotatable bonds is 1. The zero-order valence-electron chi connectivity index (χ0n) is 7.87. The SMILES string of the molecule is Cc1cc(C(F)(F)F)c(C)cc1CCl. The molecule has 0 aliphatic carbocycles. The molecule has 78 valence electrons. The fourth-order valence-electron chi connectivity index (χ4n) is 1.33. The highest BCUT2D eigenvalue weighted by molar-refractivity contribution is 6.17. The molecule has 0 radical (unpaired) electrons. The van der Waals surface area contributed by atoms with Crippen LogP contribution in [0.2, 0.25) is 0 Å². The van der Waals surface area contributed by atoms with Gasteiger partial charge in [-0.15, -0.1) is 11.6 Å². The first-order valence-electron chi connectivity index (χ1n) is 4.09. The van der Waals surface area contributed by atoms with Crippen LogP contribution in [-0.4, -0.2) is 0 Å². The molecule has 0 nitrogen and oxygen atoms in total. The lowest BCUT2D eigenvalue weighted by Gasteiger charge is -2.13. The first kappa shape index (κ1) is 11.4. The van der Waals surface area contributed by atoms with Gasteiger partial charge in [0.05, 0.1) is 5.56 Å². The van der Waals surface area contributed by atoms with Gasteiger partial charge in [0.15, 0.2) is 0 Å². The average Bonchev–Trinajstić information content (AvgIpc) is 2.06. The van der Waals surface area contributed by atoms with Crippen molar-refractivity contribution >= 4 is 11.6 Å². The van der Waals surface area contributed by atoms with Crippen molar-refractivity contribution in [3.8, 4) is 0 Å². The number of halogens is 4. The Bertz CT molecular complexity index is 342. The second kappa shape index (κ2) is 3.81. The standard InChI is InChI=1S/C10H10ClF3/c1-6-4-9(10(12,13)14)7(2)3-8(6)5-11/h3-4H,5H2,1-2H3. The summed E-state index contributed by atoms with van der Waals surface area (Å²) >= 11 is 5.59. The molecule has 0 fully saturated rings. The third-order valence-corrected chi connectivity index (χ3v) is 2.42. The second-order valence-electron chi connectivity index (χ2n) is 3.23. The van der Waals surface area contributed by atoms with Gasteiger partial charge in [-0.1, -0.05) is 6.07 Å². The molecule has 0 atom stereocenters. The summed E-state index contributed by atoms with van der Waals surface area (Å²) in [4.78, 5) is 0. The van der Waals surface area contributed by atoms with E-state index in [0.29, 0.717) is 5.56 Å². The van der Waals surface area contributed by atoms with E-state index < -0.39 is 11.7 Å². The molecule has 0 unspecified atom stereocenters. The first-order valence-corrected chi connectivity index (χ1v) is 4.63. The Hall–Kier alpha value is -0.700. The van der Waals surface area contributed by atoms with Gasteiger partial charge in [0, 0.05) is 5.88 Å². The van der Waals surface area contributed by atoms with Gasteiger partial charge in [0.2, 0.25) is 0 Å². The quantitative estimate of drug-likeness (QED) is 0.629. The largest absolute Gasteiger partial charge is 0.416 e. The maximum atomic E-state index is 12.4. The lowest BCUT2D eigenvalue weighted by molar-refractivity contribution is -0.138. The number of hydrogen-bond donors (Lipinski definition) is 0. The van der Waals surface area contributed by atoms with Crippen LogP contribution in [0.25, 0.3) is 0 Å². The summed E-state index contributed by atoms with van der Waals surface area (Å²) in [7, 11) is 0. The normalized spacial score (nSPS) is 11.9. The van der Waals surface area contributed by atoms with E-state index in [9.17, 15) is 13.2 Å². The van der Waals surface area contributed by atoms with Gasteiger partial charge in [-0.05, 0) is 36.6 Å². The van der Waals surface area contributed by atoms with Gasteiger partial charge in [-0.3, -0.25) is 0 Å². The maximum Gasteiger partial charge on any atom is 0.416 e. The summed E-state index contributed by atoms with van der Waals surface area (Å²) in [6, 6.07) is 2.64. The molecule has 14 heavy (non-hydrogen) atoms. The van der Waals surface area contributed by atoms with Gasteiger partial charge in [0.1, 0.15) is 0 Å². The Morgan fingerprint density at radius 1 is 1.14 bits per heavy atom. The first-order chi connectivity index (χ1) is 6.36. The molecular weight excluding hydrogens is 213 g/mol. The van der Waals surface area contributed by atoms with E-state index in [2.05, 4.69) is 0 Å². The number of aryl methyl sites for hydroxylation is 2. The highest BCUT2D eigenvalue weighted by Crippen LogP contribution is 2.33. The topological polar surface area (TPSA) is 0 Å². The Balaban J connectivity index is 3.29. The highest BCUT2D eigenvalue weighted by atomic mass is 35.5. The van der Waals surface area contributed by atoms with Crippen LogP contribution >= 0.6 is 11.6 Å². The molecule has 0 N–H and O–H groups in total. The molecule has 1 rings (SSSR count). The summed E-state index contributed by atoms with van der Waals surface area (Å²) in [6.45, 7) is 3.07. The van der Waals surface area contributed by atoms with E-state index in [0.717, 1.165) is 11.6 Å². The Kier molecular flexibility index (Phi) is 3.10. The van der Waals surface area contributed by atoms with Crippen LogP contribution in [0, 0.1) is 13.8 Å². The Labute approximate surface area is 85.7 Å². The number of alkyl halides is 4. The molecule has 0 aliphatic heterocycles. The predicted octanol–water partition coefficient (Wildman–Crippen LogP) is 4.06. The van der Waals surface area contributed by atoms with Crippen molar-refractivity contribution in [1.29, 1.82) is 0 Å². The molecule has 4 heteroatoms. The summed E-state index contributed by atoms with van der Waals surface area (Å²) in [5, 5.41) is 0. The minimum atomic E-state index is -4.28. The van der Waals surface area contributed by atoms with E-state index in [1.165, 1.54) is 13.0 Å². The van der Waals surface area contributed by atoms with Crippen LogP contribution in [0.3, 0.4) is 0 Å². The maximum absolute atomic E-state index is 12.4. The van der Waals surface area contributed by atoms with E-state index in [4.69, 9.17) is 11.6 Å². The van der Waals surface area contributed by atoms with Crippen molar-refractivity contribution in [3.63, 3.8) is 0 Å². The van der Waals surface area contributed by atoms with E-state index in [-0.39, 0.29) is 11.4 Å². The fourth-order valence-corrected chi connectivity index (χ4v) is 1.61. The van der Waals surface area contributed by atoms with Crippen LogP contribution in [-0.2, 0) is 12.1 Å². The minimum Gasteiger partial charge on any atom is -0.166 e. The highest BCUT2D eigenvalue weighted by Gasteiger charge is 2.32. The number of hydrogen-bond acceptors (Lipinski definition) is 0. The Morgan fingerprint density at radius 3 is 2.14 bits per heavy atom. The lowest BCUT2D eigenvalue weighted by Crippen LogP contribution is -2.08. The molecule has 1 aromatic rings. The van der Waals surface area contributed by atoms with Crippen molar-refractivity contribution in [2.24, 2.45) is 0 Å². The summed E-state index contributed by atoms with van der Waals surface area (Å²) < 4.78 is 37.3. The zero-order chi connectivity index (χ0) is 10.9. The van der Waals surface area contributed by atoms with Crippen molar-refractivity contribution in [3.05, 3.63) is 34.4 Å². The van der Waals surface area contributed by atoms with Crippen molar-refractivity contribution in [2.75, 3.05) is 0 Å². The molecule has 1 aromatic carbocycles. The van der Waals surface area contributed by atoms with Crippen LogP contribution < -0.4 is 0 Å². The summed E-state index contributed by atoms with van der Waals surface area (Å²) in [6.07, 6.45) is -4.28. The molecular formula is C10H10ClF3. The fraction of sp³-hybridized carbons (Fsp3) is 0.400. The van der Waals surface area contributed by atoms with Crippen LogP contribution in [0.5, 0.6) is 0 Å². The van der Waals surface area contributed by atoms with E-state index >= 15 is 0 Å². The van der Waals surface area contributed by atoms with Gasteiger partial charge in [-0.25, -0.2) is 0 Å². The smallest absolute Gasteiger partial charge is 0.166 e. The molecule has 0 aromatic heterocycles. The number of benzene rings is 1. The van der Waals surface area contributed by atoms with Gasteiger partial charge in [0.25, 0.3) is 0 Å². The van der Waals surface area contributed by atoms with E-state index in [1.807, 2.05) is 0 Å². The van der Waals surface area contributed by atoms with Gasteiger partial charge >= 0.3 is 6.18 Å². The third-order valence-electron chi connectivity index (χ3n) is 2.13. The average molecular weight is 223 g/mol. The predicted molar refractivity (Wildman–Crippen MR) is 50.5 cm³/mol. The van der Waals surface area contributed by atoms with Crippen molar-refractivity contribution in [2.45, 2.75) is 25.9 Å². The van der Waals surface area contributed by atoms with Gasteiger partial charge < -0.3 is 0 Å². The van der Waals surface area contributed by atoms with Gasteiger partial charge in [-0.2, -0.15) is 13.2 Å². The van der Waals surface area contributed by atoms with Crippen LogP contribution in [0.1, 0.15) is 22.3 Å². The monoisotopic (exact) mass is 222 g/mol. The summed E-state index contributed by atoms with van der Waals surface area (Å²) in [5.41, 5.74) is 0.970. The molecule has 0 aliphatic rings. The summed E-state index contributed by atoms with van der Waals surface area (Å²) in [5.74, 6) is 0.241. The third kappa shape index (κ3) is 2.21.